The highest BCUT2D eigenvalue weighted by atomic mass is 16.5. The smallest absolute Gasteiger partial charge is 0.263 e. The summed E-state index contributed by atoms with van der Waals surface area (Å²) in [7, 11) is 1.55. The number of likely N-dealkylation sites (tertiary alicyclic amines) is 1. The maximum Gasteiger partial charge on any atom is 0.263 e. The molecule has 0 aliphatic carbocycles. The zero-order chi connectivity index (χ0) is 22.2. The summed E-state index contributed by atoms with van der Waals surface area (Å²) in [4.78, 5) is 26.6. The van der Waals surface area contributed by atoms with Gasteiger partial charge in [0.15, 0.2) is 24.2 Å². The van der Waals surface area contributed by atoms with E-state index in [1.807, 2.05) is 12.1 Å². The van der Waals surface area contributed by atoms with E-state index in [1.54, 1.807) is 43.2 Å². The van der Waals surface area contributed by atoms with Crippen molar-refractivity contribution >= 4 is 11.8 Å². The first kappa shape index (κ1) is 22.3. The number of nitrogens with one attached hydrogen (secondary N) is 1. The maximum atomic E-state index is 12.7. The van der Waals surface area contributed by atoms with Crippen LogP contribution in [0.2, 0.25) is 0 Å². The number of phenols is 1. The minimum Gasteiger partial charge on any atom is -0.508 e. The van der Waals surface area contributed by atoms with E-state index in [9.17, 15) is 14.7 Å². The van der Waals surface area contributed by atoms with Gasteiger partial charge in [-0.1, -0.05) is 12.1 Å². The molecule has 1 aliphatic rings. The van der Waals surface area contributed by atoms with Crippen LogP contribution < -0.4 is 19.5 Å². The first-order valence-corrected chi connectivity index (χ1v) is 10.3. The average Bonchev–Trinajstić information content (AvgIpc) is 2.79. The molecule has 2 aromatic rings. The SMILES string of the molecule is COc1ccccc1OCC(=O)NC1CCN(C(=O)C(C)Oc2ccc(O)cc2)CC1. The topological polar surface area (TPSA) is 97.3 Å². The Morgan fingerprint density at radius 2 is 1.74 bits per heavy atom. The monoisotopic (exact) mass is 428 g/mol. The molecule has 8 heteroatoms. The van der Waals surface area contributed by atoms with Gasteiger partial charge in [0.1, 0.15) is 11.5 Å². The molecule has 2 N–H and O–H groups in total. The van der Waals surface area contributed by atoms with Crippen molar-refractivity contribution in [1.29, 1.82) is 0 Å². The van der Waals surface area contributed by atoms with Crippen molar-refractivity contribution in [3.05, 3.63) is 48.5 Å². The van der Waals surface area contributed by atoms with Crippen LogP contribution in [0.25, 0.3) is 0 Å². The number of carbonyl (C=O) groups excluding carboxylic acids is 2. The van der Waals surface area contributed by atoms with Crippen LogP contribution in [0, 0.1) is 0 Å². The number of rotatable bonds is 8. The predicted octanol–water partition coefficient (Wildman–Crippen LogP) is 2.35. The van der Waals surface area contributed by atoms with Crippen LogP contribution in [0.4, 0.5) is 0 Å². The number of piperidine rings is 1. The number of hydrogen-bond acceptors (Lipinski definition) is 6. The van der Waals surface area contributed by atoms with Crippen LogP contribution in [-0.2, 0) is 9.59 Å². The highest BCUT2D eigenvalue weighted by molar-refractivity contribution is 5.81. The van der Waals surface area contributed by atoms with Gasteiger partial charge in [0, 0.05) is 19.1 Å². The van der Waals surface area contributed by atoms with Crippen molar-refractivity contribution < 1.29 is 28.9 Å². The number of benzene rings is 2. The Bertz CT molecular complexity index is 878. The zero-order valence-corrected chi connectivity index (χ0v) is 17.7. The number of methoxy groups -OCH3 is 1. The Labute approximate surface area is 181 Å². The van der Waals surface area contributed by atoms with Gasteiger partial charge in [-0.15, -0.1) is 0 Å². The van der Waals surface area contributed by atoms with E-state index in [-0.39, 0.29) is 30.2 Å². The van der Waals surface area contributed by atoms with E-state index in [4.69, 9.17) is 14.2 Å². The van der Waals surface area contributed by atoms with Gasteiger partial charge in [0.2, 0.25) is 0 Å². The molecule has 1 aliphatic heterocycles. The van der Waals surface area contributed by atoms with Crippen molar-refractivity contribution in [3.63, 3.8) is 0 Å². The van der Waals surface area contributed by atoms with Crippen LogP contribution in [0.5, 0.6) is 23.0 Å². The average molecular weight is 428 g/mol. The lowest BCUT2D eigenvalue weighted by Crippen LogP contribution is -2.50. The number of amides is 2. The van der Waals surface area contributed by atoms with E-state index in [0.717, 1.165) is 0 Å². The molecule has 1 atom stereocenters. The van der Waals surface area contributed by atoms with E-state index in [1.165, 1.54) is 12.1 Å². The minimum atomic E-state index is -0.634. The standard InChI is InChI=1S/C23H28N2O6/c1-16(31-19-9-7-18(26)8-10-19)23(28)25-13-11-17(12-14-25)24-22(27)15-30-21-6-4-3-5-20(21)29-2/h3-10,16-17,26H,11-15H2,1-2H3,(H,24,27). The Kier molecular flexibility index (Phi) is 7.59. The van der Waals surface area contributed by atoms with Crippen LogP contribution in [-0.4, -0.2) is 60.8 Å². The summed E-state index contributed by atoms with van der Waals surface area (Å²) in [5, 5.41) is 12.3. The molecule has 8 nitrogen and oxygen atoms in total. The Balaban J connectivity index is 1.40. The fourth-order valence-electron chi connectivity index (χ4n) is 3.43. The first-order valence-electron chi connectivity index (χ1n) is 10.3. The second kappa shape index (κ2) is 10.6. The lowest BCUT2D eigenvalue weighted by atomic mass is 10.0. The third-order valence-electron chi connectivity index (χ3n) is 5.10. The molecule has 2 amide bonds. The van der Waals surface area contributed by atoms with Gasteiger partial charge in [-0.25, -0.2) is 0 Å². The highest BCUT2D eigenvalue weighted by Gasteiger charge is 2.27. The van der Waals surface area contributed by atoms with Crippen LogP contribution in [0.3, 0.4) is 0 Å². The van der Waals surface area contributed by atoms with E-state index < -0.39 is 6.10 Å². The molecule has 1 unspecified atom stereocenters. The van der Waals surface area contributed by atoms with Crippen molar-refractivity contribution in [2.45, 2.75) is 31.9 Å². The van der Waals surface area contributed by atoms with Crippen LogP contribution >= 0.6 is 0 Å². The summed E-state index contributed by atoms with van der Waals surface area (Å²) in [5.41, 5.74) is 0. The Morgan fingerprint density at radius 3 is 2.39 bits per heavy atom. The van der Waals surface area contributed by atoms with Crippen molar-refractivity contribution in [2.24, 2.45) is 0 Å². The van der Waals surface area contributed by atoms with Gasteiger partial charge in [0.25, 0.3) is 11.8 Å². The molecular weight excluding hydrogens is 400 g/mol. The lowest BCUT2D eigenvalue weighted by molar-refractivity contribution is -0.139. The molecule has 0 radical (unpaired) electrons. The maximum absolute atomic E-state index is 12.7. The molecule has 1 fully saturated rings. The molecule has 0 aromatic heterocycles. The largest absolute Gasteiger partial charge is 0.508 e. The Hall–Kier alpha value is -3.42. The van der Waals surface area contributed by atoms with E-state index >= 15 is 0 Å². The summed E-state index contributed by atoms with van der Waals surface area (Å²) >= 11 is 0. The third kappa shape index (κ3) is 6.28. The number of carbonyl (C=O) groups is 2. The lowest BCUT2D eigenvalue weighted by Gasteiger charge is -2.33. The molecule has 1 heterocycles. The normalized spacial score (nSPS) is 15.1. The summed E-state index contributed by atoms with van der Waals surface area (Å²) < 4.78 is 16.4. The van der Waals surface area contributed by atoms with Gasteiger partial charge in [0.05, 0.1) is 7.11 Å². The number of aromatic hydroxyl groups is 1. The van der Waals surface area contributed by atoms with Crippen molar-refractivity contribution in [1.82, 2.24) is 10.2 Å². The number of nitrogens with zero attached hydrogens (tertiary/aromatic N) is 1. The molecule has 2 aromatic carbocycles. The summed E-state index contributed by atoms with van der Waals surface area (Å²) in [6.07, 6.45) is 0.695. The number of ether oxygens (including phenoxy) is 3. The van der Waals surface area contributed by atoms with Crippen molar-refractivity contribution in [2.75, 3.05) is 26.8 Å². The summed E-state index contributed by atoms with van der Waals surface area (Å²) in [6, 6.07) is 13.4. The predicted molar refractivity (Wildman–Crippen MR) is 114 cm³/mol. The van der Waals surface area contributed by atoms with Gasteiger partial charge in [-0.3, -0.25) is 9.59 Å². The number of phenolic OH excluding ortho intramolecular Hbond substituents is 1. The first-order chi connectivity index (χ1) is 15.0. The molecule has 0 saturated carbocycles. The van der Waals surface area contributed by atoms with Gasteiger partial charge >= 0.3 is 0 Å². The van der Waals surface area contributed by atoms with Gasteiger partial charge in [-0.2, -0.15) is 0 Å². The molecular formula is C23H28N2O6. The summed E-state index contributed by atoms with van der Waals surface area (Å²) in [6.45, 7) is 2.69. The Morgan fingerprint density at radius 1 is 1.10 bits per heavy atom. The fourth-order valence-corrected chi connectivity index (χ4v) is 3.43. The third-order valence-corrected chi connectivity index (χ3v) is 5.10. The van der Waals surface area contributed by atoms with Crippen molar-refractivity contribution in [3.8, 4) is 23.0 Å². The van der Waals surface area contributed by atoms with Crippen LogP contribution in [0.1, 0.15) is 19.8 Å². The van der Waals surface area contributed by atoms with E-state index in [0.29, 0.717) is 43.2 Å². The van der Waals surface area contributed by atoms with E-state index in [2.05, 4.69) is 5.32 Å². The molecule has 3 rings (SSSR count). The zero-order valence-electron chi connectivity index (χ0n) is 17.7. The second-order valence-corrected chi connectivity index (χ2v) is 7.36. The molecule has 0 bridgehead atoms. The van der Waals surface area contributed by atoms with Gasteiger partial charge in [-0.05, 0) is 56.2 Å². The number of hydrogen-bond donors (Lipinski definition) is 2. The molecule has 31 heavy (non-hydrogen) atoms. The molecule has 0 spiro atoms. The minimum absolute atomic E-state index is 0.00820. The summed E-state index contributed by atoms with van der Waals surface area (Å²) in [5.74, 6) is 1.45. The second-order valence-electron chi connectivity index (χ2n) is 7.36. The highest BCUT2D eigenvalue weighted by Crippen LogP contribution is 2.25. The van der Waals surface area contributed by atoms with Crippen LogP contribution in [0.15, 0.2) is 48.5 Å². The molecule has 1 saturated heterocycles. The number of para-hydroxylation sites is 2. The molecule has 166 valence electrons. The fraction of sp³-hybridized carbons (Fsp3) is 0.391. The quantitative estimate of drug-likeness (QED) is 0.670. The van der Waals surface area contributed by atoms with Gasteiger partial charge < -0.3 is 29.5 Å².